The number of nitrogen functional groups attached to an aromatic ring is 1. The highest BCUT2D eigenvalue weighted by Gasteiger charge is 2.20. The highest BCUT2D eigenvalue weighted by molar-refractivity contribution is 5.59. The maximum absolute atomic E-state index is 5.64. The summed E-state index contributed by atoms with van der Waals surface area (Å²) in [6.45, 7) is 2.28. The van der Waals surface area contributed by atoms with Crippen LogP contribution in [0.1, 0.15) is 18.9 Å². The fourth-order valence-corrected chi connectivity index (χ4v) is 2.65. The van der Waals surface area contributed by atoms with E-state index in [0.29, 0.717) is 11.9 Å². The Kier molecular flexibility index (Phi) is 3.21. The molecule has 2 aromatic rings. The summed E-state index contributed by atoms with van der Waals surface area (Å²) < 4.78 is 2.28. The van der Waals surface area contributed by atoms with Crippen LogP contribution in [0.3, 0.4) is 0 Å². The van der Waals surface area contributed by atoms with Crippen LogP contribution in [0.5, 0.6) is 0 Å². The van der Waals surface area contributed by atoms with Crippen LogP contribution >= 0.6 is 0 Å². The summed E-state index contributed by atoms with van der Waals surface area (Å²) in [6, 6.07) is 4.37. The first-order chi connectivity index (χ1) is 9.24. The van der Waals surface area contributed by atoms with E-state index in [1.807, 2.05) is 30.9 Å². The summed E-state index contributed by atoms with van der Waals surface area (Å²) in [4.78, 5) is 10.8. The Hall–Kier alpha value is -1.88. The zero-order valence-corrected chi connectivity index (χ0v) is 11.2. The van der Waals surface area contributed by atoms with Gasteiger partial charge in [0.1, 0.15) is 5.82 Å². The van der Waals surface area contributed by atoms with Crippen molar-refractivity contribution in [3.63, 3.8) is 0 Å². The van der Waals surface area contributed by atoms with E-state index in [4.69, 9.17) is 5.73 Å². The highest BCUT2D eigenvalue weighted by Crippen LogP contribution is 2.28. The average Bonchev–Trinajstić information content (AvgIpc) is 2.90. The third kappa shape index (κ3) is 2.46. The second-order valence-corrected chi connectivity index (χ2v) is 5.19. The van der Waals surface area contributed by atoms with Gasteiger partial charge in [-0.05, 0) is 45.1 Å². The predicted octanol–water partition coefficient (Wildman–Crippen LogP) is 1.79. The van der Waals surface area contributed by atoms with Gasteiger partial charge in [0.15, 0.2) is 0 Å². The molecule has 2 N–H and O–H groups in total. The molecule has 1 fully saturated rings. The van der Waals surface area contributed by atoms with Crippen molar-refractivity contribution in [1.82, 2.24) is 19.4 Å². The number of imidazole rings is 1. The van der Waals surface area contributed by atoms with Gasteiger partial charge in [-0.2, -0.15) is 0 Å². The van der Waals surface area contributed by atoms with Gasteiger partial charge < -0.3 is 15.2 Å². The van der Waals surface area contributed by atoms with E-state index < -0.39 is 0 Å². The number of pyridine rings is 1. The van der Waals surface area contributed by atoms with Gasteiger partial charge >= 0.3 is 0 Å². The van der Waals surface area contributed by atoms with E-state index in [2.05, 4.69) is 26.5 Å². The molecule has 3 heterocycles. The van der Waals surface area contributed by atoms with Crippen molar-refractivity contribution in [2.24, 2.45) is 0 Å². The molecule has 100 valence electrons. The van der Waals surface area contributed by atoms with Gasteiger partial charge in [-0.25, -0.2) is 9.97 Å². The van der Waals surface area contributed by atoms with Crippen molar-refractivity contribution in [2.45, 2.75) is 18.9 Å². The third-order valence-corrected chi connectivity index (χ3v) is 3.83. The summed E-state index contributed by atoms with van der Waals surface area (Å²) in [5, 5.41) is 0. The van der Waals surface area contributed by atoms with Crippen molar-refractivity contribution in [2.75, 3.05) is 25.9 Å². The maximum Gasteiger partial charge on any atom is 0.123 e. The second kappa shape index (κ2) is 5.01. The van der Waals surface area contributed by atoms with E-state index >= 15 is 0 Å². The van der Waals surface area contributed by atoms with E-state index in [9.17, 15) is 0 Å². The molecule has 19 heavy (non-hydrogen) atoms. The number of nitrogens with zero attached hydrogens (tertiary/aromatic N) is 4. The maximum atomic E-state index is 5.64. The molecular weight excluding hydrogens is 238 g/mol. The number of hydrogen-bond acceptors (Lipinski definition) is 4. The largest absolute Gasteiger partial charge is 0.384 e. The Morgan fingerprint density at radius 3 is 2.68 bits per heavy atom. The second-order valence-electron chi connectivity index (χ2n) is 5.19. The number of hydrogen-bond donors (Lipinski definition) is 1. The summed E-state index contributed by atoms with van der Waals surface area (Å²) in [6.07, 6.45) is 8.00. The number of likely N-dealkylation sites (tertiary alicyclic amines) is 1. The molecule has 0 spiro atoms. The van der Waals surface area contributed by atoms with Crippen LogP contribution in [0.15, 0.2) is 30.9 Å². The van der Waals surface area contributed by atoms with Gasteiger partial charge in [-0.15, -0.1) is 0 Å². The van der Waals surface area contributed by atoms with Crippen LogP contribution in [0.4, 0.5) is 5.82 Å². The monoisotopic (exact) mass is 257 g/mol. The molecule has 0 amide bonds. The van der Waals surface area contributed by atoms with Crippen LogP contribution < -0.4 is 5.73 Å². The van der Waals surface area contributed by atoms with Crippen LogP contribution in [0.2, 0.25) is 0 Å². The molecule has 0 bridgehead atoms. The summed E-state index contributed by atoms with van der Waals surface area (Å²) >= 11 is 0. The molecule has 1 aliphatic rings. The first-order valence-electron chi connectivity index (χ1n) is 6.66. The van der Waals surface area contributed by atoms with Gasteiger partial charge in [-0.3, -0.25) is 0 Å². The third-order valence-electron chi connectivity index (χ3n) is 3.83. The molecule has 5 heteroatoms. The molecule has 0 unspecified atom stereocenters. The van der Waals surface area contributed by atoms with Crippen molar-refractivity contribution >= 4 is 5.82 Å². The molecule has 0 saturated carbocycles. The Balaban J connectivity index is 1.88. The van der Waals surface area contributed by atoms with Gasteiger partial charge in [-0.1, -0.05) is 0 Å². The molecule has 1 saturated heterocycles. The zero-order valence-electron chi connectivity index (χ0n) is 11.2. The Bertz CT molecular complexity index is 537. The van der Waals surface area contributed by atoms with Crippen molar-refractivity contribution in [1.29, 1.82) is 0 Å². The molecule has 0 aromatic carbocycles. The summed E-state index contributed by atoms with van der Waals surface area (Å²) in [5.41, 5.74) is 7.84. The average molecular weight is 257 g/mol. The van der Waals surface area contributed by atoms with Gasteiger partial charge in [0.05, 0.1) is 18.2 Å². The quantitative estimate of drug-likeness (QED) is 0.891. The van der Waals surface area contributed by atoms with Gasteiger partial charge in [0.25, 0.3) is 0 Å². The van der Waals surface area contributed by atoms with E-state index in [0.717, 1.165) is 24.3 Å². The molecule has 2 aromatic heterocycles. The van der Waals surface area contributed by atoms with Gasteiger partial charge in [0.2, 0.25) is 0 Å². The summed E-state index contributed by atoms with van der Waals surface area (Å²) in [7, 11) is 2.18. The topological polar surface area (TPSA) is 60.0 Å². The van der Waals surface area contributed by atoms with E-state index in [1.54, 1.807) is 0 Å². The SMILES string of the molecule is CN1CCC(n2cncc2-c2ccc(N)nc2)CC1. The zero-order chi connectivity index (χ0) is 13.2. The molecular formula is C14H19N5. The Morgan fingerprint density at radius 2 is 2.00 bits per heavy atom. The fraction of sp³-hybridized carbons (Fsp3) is 0.429. The minimum Gasteiger partial charge on any atom is -0.384 e. The first-order valence-corrected chi connectivity index (χ1v) is 6.66. The molecule has 5 nitrogen and oxygen atoms in total. The number of aromatic nitrogens is 3. The fourth-order valence-electron chi connectivity index (χ4n) is 2.65. The van der Waals surface area contributed by atoms with Crippen molar-refractivity contribution < 1.29 is 0 Å². The van der Waals surface area contributed by atoms with Gasteiger partial charge in [0, 0.05) is 17.8 Å². The van der Waals surface area contributed by atoms with E-state index in [1.165, 1.54) is 12.8 Å². The van der Waals surface area contributed by atoms with Crippen molar-refractivity contribution in [3.8, 4) is 11.3 Å². The number of nitrogens with two attached hydrogens (primary N) is 1. The standard InChI is InChI=1S/C14H19N5/c1-18-6-4-12(5-7-18)19-10-16-9-13(19)11-2-3-14(15)17-8-11/h2-3,8-10,12H,4-7H2,1H3,(H2,15,17). The van der Waals surface area contributed by atoms with Crippen LogP contribution in [-0.4, -0.2) is 39.6 Å². The molecule has 0 radical (unpaired) electrons. The van der Waals surface area contributed by atoms with E-state index in [-0.39, 0.29) is 0 Å². The molecule has 1 aliphatic heterocycles. The number of anilines is 1. The first kappa shape index (κ1) is 12.2. The number of piperidine rings is 1. The Labute approximate surface area is 113 Å². The number of rotatable bonds is 2. The van der Waals surface area contributed by atoms with Crippen LogP contribution in [0, 0.1) is 0 Å². The minimum atomic E-state index is 0.534. The lowest BCUT2D eigenvalue weighted by Crippen LogP contribution is -2.31. The normalized spacial score (nSPS) is 17.7. The highest BCUT2D eigenvalue weighted by atomic mass is 15.1. The molecule has 0 atom stereocenters. The van der Waals surface area contributed by atoms with Crippen LogP contribution in [-0.2, 0) is 0 Å². The predicted molar refractivity (Wildman–Crippen MR) is 75.6 cm³/mol. The lowest BCUT2D eigenvalue weighted by Gasteiger charge is -2.30. The smallest absolute Gasteiger partial charge is 0.123 e. The van der Waals surface area contributed by atoms with Crippen LogP contribution in [0.25, 0.3) is 11.3 Å². The molecule has 0 aliphatic carbocycles. The molecule has 3 rings (SSSR count). The van der Waals surface area contributed by atoms with Crippen molar-refractivity contribution in [3.05, 3.63) is 30.9 Å². The lowest BCUT2D eigenvalue weighted by atomic mass is 10.0. The lowest BCUT2D eigenvalue weighted by molar-refractivity contribution is 0.222. The summed E-state index contributed by atoms with van der Waals surface area (Å²) in [5.74, 6) is 0.550. The minimum absolute atomic E-state index is 0.534. The Morgan fingerprint density at radius 1 is 1.21 bits per heavy atom.